The molecule has 0 aromatic carbocycles. The molecule has 3 N–H and O–H groups in total. The minimum atomic E-state index is -0.837. The number of nitrogens with one attached hydrogen (secondary N) is 1. The maximum absolute atomic E-state index is 12.4. The van der Waals surface area contributed by atoms with Gasteiger partial charge in [-0.05, 0) is 44.9 Å². The number of rotatable bonds is 48. The zero-order valence-electron chi connectivity index (χ0n) is 38.9. The van der Waals surface area contributed by atoms with Crippen molar-refractivity contribution in [3.63, 3.8) is 0 Å². The third-order valence-corrected chi connectivity index (χ3v) is 12.2. The van der Waals surface area contributed by atoms with E-state index in [4.69, 9.17) is 0 Å². The standard InChI is InChI=1S/C53H103NO3/c1-3-5-7-9-11-13-15-17-19-21-23-25-26-27-28-29-31-33-35-37-39-41-43-45-47-49-53(57)54-51(50-55)52(56)48-46-44-42-40-38-36-34-32-30-24-22-20-18-16-14-12-10-8-6-4-2/h21,23,46,48,51-52,55-56H,3-20,22,24-45,47,49-50H2,1-2H3,(H,54,57)/b23-21-,48-46+. The van der Waals surface area contributed by atoms with E-state index in [1.54, 1.807) is 6.08 Å². The molecule has 0 aromatic rings. The zero-order valence-corrected chi connectivity index (χ0v) is 38.9. The van der Waals surface area contributed by atoms with Crippen LogP contribution in [0.5, 0.6) is 0 Å². The number of aliphatic hydroxyl groups excluding tert-OH is 2. The van der Waals surface area contributed by atoms with Crippen LogP contribution in [0, 0.1) is 0 Å². The van der Waals surface area contributed by atoms with Crippen LogP contribution in [0.4, 0.5) is 0 Å². The molecule has 57 heavy (non-hydrogen) atoms. The number of hydrogen-bond acceptors (Lipinski definition) is 3. The smallest absolute Gasteiger partial charge is 0.220 e. The summed E-state index contributed by atoms with van der Waals surface area (Å²) in [6.45, 7) is 4.34. The fraction of sp³-hybridized carbons (Fsp3) is 0.906. The molecule has 0 heterocycles. The van der Waals surface area contributed by atoms with Crippen molar-refractivity contribution in [3.8, 4) is 0 Å². The molecule has 0 saturated heterocycles. The summed E-state index contributed by atoms with van der Waals surface area (Å²) in [5.41, 5.74) is 0. The third kappa shape index (κ3) is 45.8. The first-order valence-corrected chi connectivity index (χ1v) is 26.1. The van der Waals surface area contributed by atoms with Crippen molar-refractivity contribution >= 4 is 5.91 Å². The minimum absolute atomic E-state index is 0.0597. The van der Waals surface area contributed by atoms with Crippen molar-refractivity contribution in [2.45, 2.75) is 302 Å². The Morgan fingerprint density at radius 1 is 0.404 bits per heavy atom. The maximum atomic E-state index is 12.4. The molecule has 338 valence electrons. The number of hydrogen-bond donors (Lipinski definition) is 3. The number of carbonyl (C=O) groups is 1. The Balaban J connectivity index is 3.49. The van der Waals surface area contributed by atoms with Gasteiger partial charge in [-0.1, -0.05) is 263 Å². The second-order valence-electron chi connectivity index (χ2n) is 17.9. The van der Waals surface area contributed by atoms with Crippen LogP contribution in [0.3, 0.4) is 0 Å². The molecule has 0 spiro atoms. The molecular weight excluding hydrogens is 699 g/mol. The first-order chi connectivity index (χ1) is 28.2. The Kier molecular flexibility index (Phi) is 48.3. The van der Waals surface area contributed by atoms with E-state index in [0.717, 1.165) is 25.7 Å². The summed E-state index contributed by atoms with van der Waals surface area (Å²) < 4.78 is 0. The molecule has 0 aliphatic heterocycles. The van der Waals surface area contributed by atoms with Gasteiger partial charge in [0, 0.05) is 6.42 Å². The monoisotopic (exact) mass is 802 g/mol. The van der Waals surface area contributed by atoms with Crippen LogP contribution in [0.1, 0.15) is 290 Å². The molecule has 0 fully saturated rings. The summed E-state index contributed by atoms with van der Waals surface area (Å²) >= 11 is 0. The maximum Gasteiger partial charge on any atom is 0.220 e. The summed E-state index contributed by atoms with van der Waals surface area (Å²) in [7, 11) is 0. The lowest BCUT2D eigenvalue weighted by molar-refractivity contribution is -0.123. The lowest BCUT2D eigenvalue weighted by atomic mass is 10.0. The number of unbranched alkanes of at least 4 members (excludes halogenated alkanes) is 39. The van der Waals surface area contributed by atoms with E-state index in [1.165, 1.54) is 244 Å². The normalized spacial score (nSPS) is 13.0. The number of amides is 1. The molecule has 0 saturated carbocycles. The largest absolute Gasteiger partial charge is 0.394 e. The minimum Gasteiger partial charge on any atom is -0.394 e. The van der Waals surface area contributed by atoms with Gasteiger partial charge in [0.25, 0.3) is 0 Å². The lowest BCUT2D eigenvalue weighted by Gasteiger charge is -2.20. The van der Waals surface area contributed by atoms with E-state index in [0.29, 0.717) is 6.42 Å². The van der Waals surface area contributed by atoms with E-state index in [9.17, 15) is 15.0 Å². The van der Waals surface area contributed by atoms with Crippen molar-refractivity contribution in [2.75, 3.05) is 6.61 Å². The van der Waals surface area contributed by atoms with Crippen molar-refractivity contribution in [1.29, 1.82) is 0 Å². The topological polar surface area (TPSA) is 69.6 Å². The van der Waals surface area contributed by atoms with Crippen LogP contribution < -0.4 is 5.32 Å². The first-order valence-electron chi connectivity index (χ1n) is 26.1. The van der Waals surface area contributed by atoms with Crippen molar-refractivity contribution < 1.29 is 15.0 Å². The summed E-state index contributed by atoms with van der Waals surface area (Å²) in [6.07, 6.45) is 64.6. The Morgan fingerprint density at radius 2 is 0.667 bits per heavy atom. The highest BCUT2D eigenvalue weighted by molar-refractivity contribution is 5.76. The van der Waals surface area contributed by atoms with Crippen LogP contribution >= 0.6 is 0 Å². The molecule has 0 bridgehead atoms. The van der Waals surface area contributed by atoms with Gasteiger partial charge in [-0.2, -0.15) is 0 Å². The Bertz CT molecular complexity index is 825. The SMILES string of the molecule is CCCCCCCCCC/C=C\CCCCCCCCCCCCCCCC(=O)NC(CO)C(O)/C=C/CCCCCCCCCCCCCCCCCCCC. The fourth-order valence-corrected chi connectivity index (χ4v) is 8.18. The number of aliphatic hydroxyl groups is 2. The van der Waals surface area contributed by atoms with Crippen LogP contribution in [0.2, 0.25) is 0 Å². The van der Waals surface area contributed by atoms with Gasteiger partial charge in [0.15, 0.2) is 0 Å². The molecule has 2 atom stereocenters. The summed E-state index contributed by atoms with van der Waals surface area (Å²) in [6, 6.07) is -0.620. The predicted octanol–water partition coefficient (Wildman–Crippen LogP) is 16.8. The van der Waals surface area contributed by atoms with Gasteiger partial charge in [-0.15, -0.1) is 0 Å². The molecule has 2 unspecified atom stereocenters. The van der Waals surface area contributed by atoms with Gasteiger partial charge in [-0.25, -0.2) is 0 Å². The van der Waals surface area contributed by atoms with Gasteiger partial charge < -0.3 is 15.5 Å². The van der Waals surface area contributed by atoms with Crippen LogP contribution in [0.15, 0.2) is 24.3 Å². The zero-order chi connectivity index (χ0) is 41.4. The predicted molar refractivity (Wildman–Crippen MR) is 253 cm³/mol. The quantitative estimate of drug-likeness (QED) is 0.0424. The molecular formula is C53H103NO3. The molecule has 0 aliphatic carbocycles. The first kappa shape index (κ1) is 55.9. The second-order valence-corrected chi connectivity index (χ2v) is 17.9. The highest BCUT2D eigenvalue weighted by Gasteiger charge is 2.18. The molecule has 4 nitrogen and oxygen atoms in total. The third-order valence-electron chi connectivity index (χ3n) is 12.2. The van der Waals surface area contributed by atoms with Crippen molar-refractivity contribution in [2.24, 2.45) is 0 Å². The molecule has 1 amide bonds. The lowest BCUT2D eigenvalue weighted by Crippen LogP contribution is -2.45. The van der Waals surface area contributed by atoms with Crippen molar-refractivity contribution in [1.82, 2.24) is 5.32 Å². The molecule has 4 heteroatoms. The van der Waals surface area contributed by atoms with Crippen LogP contribution in [-0.4, -0.2) is 34.9 Å². The average molecular weight is 802 g/mol. The van der Waals surface area contributed by atoms with Crippen LogP contribution in [0.25, 0.3) is 0 Å². The highest BCUT2D eigenvalue weighted by Crippen LogP contribution is 2.17. The Morgan fingerprint density at radius 3 is 0.965 bits per heavy atom. The summed E-state index contributed by atoms with van der Waals surface area (Å²) in [4.78, 5) is 12.4. The van der Waals surface area contributed by atoms with E-state index in [2.05, 4.69) is 31.3 Å². The Hall–Kier alpha value is -1.13. The van der Waals surface area contributed by atoms with Crippen molar-refractivity contribution in [3.05, 3.63) is 24.3 Å². The van der Waals surface area contributed by atoms with E-state index in [1.807, 2.05) is 6.08 Å². The van der Waals surface area contributed by atoms with Gasteiger partial charge >= 0.3 is 0 Å². The van der Waals surface area contributed by atoms with E-state index >= 15 is 0 Å². The Labute approximate surface area is 358 Å². The fourth-order valence-electron chi connectivity index (χ4n) is 8.18. The van der Waals surface area contributed by atoms with Gasteiger partial charge in [0.2, 0.25) is 5.91 Å². The van der Waals surface area contributed by atoms with Gasteiger partial charge in [0.05, 0.1) is 18.8 Å². The van der Waals surface area contributed by atoms with Crippen LogP contribution in [-0.2, 0) is 4.79 Å². The summed E-state index contributed by atoms with van der Waals surface area (Å²) in [5.74, 6) is -0.0597. The van der Waals surface area contributed by atoms with Gasteiger partial charge in [-0.3, -0.25) is 4.79 Å². The van der Waals surface area contributed by atoms with Gasteiger partial charge in [0.1, 0.15) is 0 Å². The second kappa shape index (κ2) is 49.2. The van der Waals surface area contributed by atoms with E-state index in [-0.39, 0.29) is 12.5 Å². The highest BCUT2D eigenvalue weighted by atomic mass is 16.3. The molecule has 0 aliphatic rings. The average Bonchev–Trinajstić information content (AvgIpc) is 3.22. The molecule has 0 aromatic heterocycles. The molecule has 0 radical (unpaired) electrons. The number of allylic oxidation sites excluding steroid dienone is 3. The van der Waals surface area contributed by atoms with E-state index < -0.39 is 12.1 Å². The summed E-state index contributed by atoms with van der Waals surface area (Å²) in [5, 5.41) is 23.1. The molecule has 0 rings (SSSR count). The number of carbonyl (C=O) groups excluding carboxylic acids is 1.